The third-order valence-corrected chi connectivity index (χ3v) is 7.41. The molecule has 0 aliphatic carbocycles. The zero-order valence-electron chi connectivity index (χ0n) is 21.5. The normalized spacial score (nSPS) is 11.9. The van der Waals surface area contributed by atoms with E-state index in [0.717, 1.165) is 22.5 Å². The van der Waals surface area contributed by atoms with Gasteiger partial charge in [0, 0.05) is 25.0 Å². The predicted molar refractivity (Wildman–Crippen MR) is 149 cm³/mol. The maximum atomic E-state index is 13.3. The molecule has 0 saturated carbocycles. The standard InChI is InChI=1S/C28H27N7O2S/c1-18-11-8-9-15-23(18)34-25(21-12-10-16-29-17-21)31-32-28(34)38-20(3)26(36)30-24-19(2)33(4)35(27(24)37)22-13-6-5-7-14-22/h5-17,20H,1-4H3,(H,30,36). The van der Waals surface area contributed by atoms with Crippen LogP contribution in [-0.4, -0.2) is 40.3 Å². The van der Waals surface area contributed by atoms with E-state index in [2.05, 4.69) is 20.5 Å². The molecule has 3 heterocycles. The lowest BCUT2D eigenvalue weighted by Crippen LogP contribution is -2.27. The maximum absolute atomic E-state index is 13.3. The Morgan fingerprint density at radius 1 is 0.974 bits per heavy atom. The fraction of sp³-hybridized carbons (Fsp3) is 0.179. The van der Waals surface area contributed by atoms with Crippen molar-refractivity contribution in [2.75, 3.05) is 5.32 Å². The van der Waals surface area contributed by atoms with E-state index < -0.39 is 5.25 Å². The minimum Gasteiger partial charge on any atom is -0.319 e. The Balaban J connectivity index is 1.45. The Morgan fingerprint density at radius 3 is 2.42 bits per heavy atom. The van der Waals surface area contributed by atoms with E-state index in [1.54, 1.807) is 31.0 Å². The quantitative estimate of drug-likeness (QED) is 0.313. The number of para-hydroxylation sites is 2. The Labute approximate surface area is 224 Å². The van der Waals surface area contributed by atoms with E-state index in [0.29, 0.717) is 16.7 Å². The second-order valence-electron chi connectivity index (χ2n) is 8.86. The van der Waals surface area contributed by atoms with Crippen molar-refractivity contribution in [3.63, 3.8) is 0 Å². The van der Waals surface area contributed by atoms with Gasteiger partial charge in [0.1, 0.15) is 5.69 Å². The number of aromatic nitrogens is 6. The summed E-state index contributed by atoms with van der Waals surface area (Å²) < 4.78 is 5.22. The summed E-state index contributed by atoms with van der Waals surface area (Å²) in [7, 11) is 1.79. The Kier molecular flexibility index (Phi) is 6.97. The summed E-state index contributed by atoms with van der Waals surface area (Å²) in [6, 6.07) is 21.0. The molecule has 10 heteroatoms. The molecule has 1 amide bonds. The molecule has 0 bridgehead atoms. The van der Waals surface area contributed by atoms with Gasteiger partial charge in [-0.2, -0.15) is 0 Å². The van der Waals surface area contributed by atoms with Gasteiger partial charge in [-0.3, -0.25) is 23.8 Å². The molecule has 0 spiro atoms. The van der Waals surface area contributed by atoms with Gasteiger partial charge in [-0.25, -0.2) is 4.68 Å². The number of carbonyl (C=O) groups is 1. The number of rotatable bonds is 7. The molecule has 0 radical (unpaired) electrons. The van der Waals surface area contributed by atoms with Crippen LogP contribution in [0.15, 0.2) is 89.1 Å². The van der Waals surface area contributed by atoms with Gasteiger partial charge in [0.2, 0.25) is 5.91 Å². The molecule has 0 aliphatic rings. The first-order valence-electron chi connectivity index (χ1n) is 12.1. The zero-order valence-corrected chi connectivity index (χ0v) is 22.3. The second kappa shape index (κ2) is 10.5. The van der Waals surface area contributed by atoms with Crippen molar-refractivity contribution in [1.29, 1.82) is 0 Å². The van der Waals surface area contributed by atoms with Crippen LogP contribution in [0.1, 0.15) is 18.2 Å². The lowest BCUT2D eigenvalue weighted by molar-refractivity contribution is -0.115. The van der Waals surface area contributed by atoms with Gasteiger partial charge >= 0.3 is 0 Å². The van der Waals surface area contributed by atoms with E-state index in [-0.39, 0.29) is 17.2 Å². The van der Waals surface area contributed by atoms with E-state index >= 15 is 0 Å². The number of nitrogens with zero attached hydrogens (tertiary/aromatic N) is 6. The fourth-order valence-corrected chi connectivity index (χ4v) is 5.07. The van der Waals surface area contributed by atoms with Gasteiger partial charge in [0.15, 0.2) is 11.0 Å². The molecule has 1 atom stereocenters. The van der Waals surface area contributed by atoms with Crippen LogP contribution in [-0.2, 0) is 11.8 Å². The fourth-order valence-electron chi connectivity index (χ4n) is 4.21. The number of hydrogen-bond donors (Lipinski definition) is 1. The second-order valence-corrected chi connectivity index (χ2v) is 10.2. The highest BCUT2D eigenvalue weighted by atomic mass is 32.2. The van der Waals surface area contributed by atoms with Gasteiger partial charge in [-0.1, -0.05) is 48.2 Å². The number of amides is 1. The Morgan fingerprint density at radius 2 is 1.71 bits per heavy atom. The number of anilines is 1. The highest BCUT2D eigenvalue weighted by molar-refractivity contribution is 8.00. The van der Waals surface area contributed by atoms with Crippen molar-refractivity contribution in [3.8, 4) is 22.8 Å². The highest BCUT2D eigenvalue weighted by Crippen LogP contribution is 2.31. The number of hydrogen-bond acceptors (Lipinski definition) is 6. The number of carbonyl (C=O) groups excluding carboxylic acids is 1. The van der Waals surface area contributed by atoms with Crippen LogP contribution in [0.4, 0.5) is 5.69 Å². The molecule has 38 heavy (non-hydrogen) atoms. The van der Waals surface area contributed by atoms with Gasteiger partial charge in [0.25, 0.3) is 5.56 Å². The molecule has 192 valence electrons. The smallest absolute Gasteiger partial charge is 0.295 e. The van der Waals surface area contributed by atoms with Gasteiger partial charge in [-0.05, 0) is 56.7 Å². The summed E-state index contributed by atoms with van der Waals surface area (Å²) in [4.78, 5) is 30.8. The Hall–Kier alpha value is -4.44. The van der Waals surface area contributed by atoms with E-state index in [9.17, 15) is 9.59 Å². The van der Waals surface area contributed by atoms with Crippen LogP contribution in [0.2, 0.25) is 0 Å². The molecule has 0 aliphatic heterocycles. The van der Waals surface area contributed by atoms with Gasteiger partial charge < -0.3 is 5.32 Å². The average Bonchev–Trinajstić information content (AvgIpc) is 3.43. The molecule has 5 aromatic rings. The number of benzene rings is 2. The molecule has 0 saturated heterocycles. The van der Waals surface area contributed by atoms with Gasteiger partial charge in [0.05, 0.1) is 22.3 Å². The van der Waals surface area contributed by atoms with Crippen molar-refractivity contribution < 1.29 is 4.79 Å². The molecule has 5 rings (SSSR count). The molecule has 1 N–H and O–H groups in total. The van der Waals surface area contributed by atoms with Crippen molar-refractivity contribution in [1.82, 2.24) is 29.1 Å². The van der Waals surface area contributed by atoms with Crippen molar-refractivity contribution in [3.05, 3.63) is 101 Å². The highest BCUT2D eigenvalue weighted by Gasteiger charge is 2.25. The minimum absolute atomic E-state index is 0.255. The van der Waals surface area contributed by atoms with Crippen LogP contribution in [0.25, 0.3) is 22.8 Å². The topological polar surface area (TPSA) is 99.6 Å². The first-order valence-corrected chi connectivity index (χ1v) is 13.0. The van der Waals surface area contributed by atoms with Crippen LogP contribution >= 0.6 is 11.8 Å². The first kappa shape index (κ1) is 25.2. The number of thioether (sulfide) groups is 1. The lowest BCUT2D eigenvalue weighted by atomic mass is 10.2. The number of nitrogens with one attached hydrogen (secondary N) is 1. The lowest BCUT2D eigenvalue weighted by Gasteiger charge is -2.15. The summed E-state index contributed by atoms with van der Waals surface area (Å²) >= 11 is 1.28. The molecular weight excluding hydrogens is 498 g/mol. The van der Waals surface area contributed by atoms with Gasteiger partial charge in [-0.15, -0.1) is 10.2 Å². The van der Waals surface area contributed by atoms with Crippen molar-refractivity contribution in [2.24, 2.45) is 7.05 Å². The zero-order chi connectivity index (χ0) is 26.8. The summed E-state index contributed by atoms with van der Waals surface area (Å²) in [5.74, 6) is 0.329. The largest absolute Gasteiger partial charge is 0.319 e. The predicted octanol–water partition coefficient (Wildman–Crippen LogP) is 4.55. The number of pyridine rings is 1. The molecule has 3 aromatic heterocycles. The first-order chi connectivity index (χ1) is 18.4. The Bertz CT molecular complexity index is 1660. The third kappa shape index (κ3) is 4.66. The van der Waals surface area contributed by atoms with Crippen molar-refractivity contribution in [2.45, 2.75) is 31.2 Å². The summed E-state index contributed by atoms with van der Waals surface area (Å²) in [6.45, 7) is 5.61. The van der Waals surface area contributed by atoms with Crippen molar-refractivity contribution >= 4 is 23.4 Å². The summed E-state index contributed by atoms with van der Waals surface area (Å²) in [5, 5.41) is 11.7. The van der Waals surface area contributed by atoms with Crippen LogP contribution < -0.4 is 10.9 Å². The number of aryl methyl sites for hydroxylation is 1. The third-order valence-electron chi connectivity index (χ3n) is 6.36. The molecular formula is C28H27N7O2S. The van der Waals surface area contributed by atoms with Crippen LogP contribution in [0.5, 0.6) is 0 Å². The molecule has 9 nitrogen and oxygen atoms in total. The monoisotopic (exact) mass is 525 g/mol. The molecule has 2 aromatic carbocycles. The SMILES string of the molecule is Cc1ccccc1-n1c(SC(C)C(=O)Nc2c(C)n(C)n(-c3ccccc3)c2=O)nnc1-c1cccnc1. The van der Waals surface area contributed by atoms with E-state index in [1.807, 2.05) is 85.1 Å². The average molecular weight is 526 g/mol. The maximum Gasteiger partial charge on any atom is 0.295 e. The summed E-state index contributed by atoms with van der Waals surface area (Å²) in [5.41, 5.74) is 4.11. The van der Waals surface area contributed by atoms with Crippen LogP contribution in [0.3, 0.4) is 0 Å². The van der Waals surface area contributed by atoms with E-state index in [4.69, 9.17) is 0 Å². The van der Waals surface area contributed by atoms with E-state index in [1.165, 1.54) is 16.4 Å². The summed E-state index contributed by atoms with van der Waals surface area (Å²) in [6.07, 6.45) is 3.44. The molecule has 1 unspecified atom stereocenters. The van der Waals surface area contributed by atoms with Crippen LogP contribution in [0, 0.1) is 13.8 Å². The molecule has 0 fully saturated rings. The minimum atomic E-state index is -0.562.